The number of carbonyl (C=O) groups excluding carboxylic acids is 1. The summed E-state index contributed by atoms with van der Waals surface area (Å²) < 4.78 is 20.2. The average molecular weight is 362 g/mol. The van der Waals surface area contributed by atoms with E-state index >= 15 is 0 Å². The first-order valence-corrected chi connectivity index (χ1v) is 8.18. The summed E-state index contributed by atoms with van der Waals surface area (Å²) in [5.41, 5.74) is 1.11. The second kappa shape index (κ2) is 7.53. The Balaban J connectivity index is 1.68. The summed E-state index contributed by atoms with van der Waals surface area (Å²) in [7, 11) is 1.70. The van der Waals surface area contributed by atoms with Crippen molar-refractivity contribution in [3.8, 4) is 0 Å². The number of halogens is 2. The van der Waals surface area contributed by atoms with Gasteiger partial charge >= 0.3 is 0 Å². The highest BCUT2D eigenvalue weighted by molar-refractivity contribution is 6.33. The zero-order chi connectivity index (χ0) is 17.8. The maximum absolute atomic E-state index is 13.2. The van der Waals surface area contributed by atoms with Crippen LogP contribution >= 0.6 is 11.6 Å². The highest BCUT2D eigenvalue weighted by Gasteiger charge is 2.19. The summed E-state index contributed by atoms with van der Waals surface area (Å²) in [5, 5.41) is 7.16. The van der Waals surface area contributed by atoms with Crippen LogP contribution in [0.25, 0.3) is 0 Å². The molecule has 0 aliphatic carbocycles. The minimum Gasteiger partial charge on any atom is -0.469 e. The lowest BCUT2D eigenvalue weighted by Crippen LogP contribution is -2.26. The molecule has 0 bridgehead atoms. The SMILES string of the molecule is Cn1cc(Cl)c(C(=O)NCCC(c2ccc(F)cc2)c2ccco2)n1. The minimum atomic E-state index is -0.331. The molecule has 0 saturated carbocycles. The van der Waals surface area contributed by atoms with Gasteiger partial charge in [0.05, 0.1) is 11.3 Å². The lowest BCUT2D eigenvalue weighted by molar-refractivity contribution is 0.0947. The number of aromatic nitrogens is 2. The van der Waals surface area contributed by atoms with Crippen molar-refractivity contribution >= 4 is 17.5 Å². The van der Waals surface area contributed by atoms with Crippen molar-refractivity contribution in [3.05, 3.63) is 76.7 Å². The van der Waals surface area contributed by atoms with E-state index in [0.29, 0.717) is 18.0 Å². The molecule has 2 heterocycles. The second-order valence-corrected chi connectivity index (χ2v) is 6.07. The first kappa shape index (κ1) is 17.2. The maximum Gasteiger partial charge on any atom is 0.273 e. The third kappa shape index (κ3) is 4.09. The number of benzene rings is 1. The molecule has 1 N–H and O–H groups in total. The van der Waals surface area contributed by atoms with Crippen molar-refractivity contribution in [2.45, 2.75) is 12.3 Å². The molecule has 1 aromatic carbocycles. The molecule has 3 aromatic rings. The highest BCUT2D eigenvalue weighted by Crippen LogP contribution is 2.28. The van der Waals surface area contributed by atoms with Crippen LogP contribution < -0.4 is 5.32 Å². The first-order valence-electron chi connectivity index (χ1n) is 7.81. The fourth-order valence-electron chi connectivity index (χ4n) is 2.69. The Labute approximate surface area is 149 Å². The standard InChI is InChI=1S/C18H17ClFN3O2/c1-23-11-15(19)17(22-23)18(24)21-9-8-14(16-3-2-10-25-16)12-4-6-13(20)7-5-12/h2-7,10-11,14H,8-9H2,1H3,(H,21,24). The molecule has 2 aromatic heterocycles. The van der Waals surface area contributed by atoms with Gasteiger partial charge in [-0.2, -0.15) is 5.10 Å². The van der Waals surface area contributed by atoms with E-state index in [-0.39, 0.29) is 23.3 Å². The summed E-state index contributed by atoms with van der Waals surface area (Å²) in [6, 6.07) is 9.94. The number of hydrogen-bond donors (Lipinski definition) is 1. The van der Waals surface area contributed by atoms with Crippen LogP contribution in [0.15, 0.2) is 53.3 Å². The summed E-state index contributed by atoms with van der Waals surface area (Å²) in [4.78, 5) is 12.2. The molecule has 0 aliphatic rings. The smallest absolute Gasteiger partial charge is 0.273 e. The summed E-state index contributed by atoms with van der Waals surface area (Å²) in [6.07, 6.45) is 3.76. The van der Waals surface area contributed by atoms with E-state index < -0.39 is 0 Å². The van der Waals surface area contributed by atoms with Crippen LogP contribution in [0.5, 0.6) is 0 Å². The van der Waals surface area contributed by atoms with Gasteiger partial charge in [-0.25, -0.2) is 4.39 Å². The van der Waals surface area contributed by atoms with Crippen LogP contribution in [0.1, 0.15) is 34.2 Å². The van der Waals surface area contributed by atoms with Crippen molar-refractivity contribution in [3.63, 3.8) is 0 Å². The molecule has 130 valence electrons. The van der Waals surface area contributed by atoms with E-state index in [1.54, 1.807) is 37.7 Å². The van der Waals surface area contributed by atoms with Gasteiger partial charge in [0.1, 0.15) is 11.6 Å². The van der Waals surface area contributed by atoms with Crippen LogP contribution in [0, 0.1) is 5.82 Å². The van der Waals surface area contributed by atoms with E-state index in [0.717, 1.165) is 11.3 Å². The maximum atomic E-state index is 13.2. The predicted molar refractivity (Wildman–Crippen MR) is 92.1 cm³/mol. The number of rotatable bonds is 6. The average Bonchev–Trinajstić information content (AvgIpc) is 3.22. The van der Waals surface area contributed by atoms with Crippen LogP contribution in [-0.4, -0.2) is 22.2 Å². The zero-order valence-corrected chi connectivity index (χ0v) is 14.3. The number of nitrogens with zero attached hydrogens (tertiary/aromatic N) is 2. The lowest BCUT2D eigenvalue weighted by Gasteiger charge is -2.15. The van der Waals surface area contributed by atoms with Crippen LogP contribution in [0.4, 0.5) is 4.39 Å². The summed E-state index contributed by atoms with van der Waals surface area (Å²) in [5.74, 6) is 0.0507. The molecule has 1 unspecified atom stereocenters. The first-order chi connectivity index (χ1) is 12.0. The van der Waals surface area contributed by atoms with Gasteiger partial charge in [0.15, 0.2) is 5.69 Å². The normalized spacial score (nSPS) is 12.1. The van der Waals surface area contributed by atoms with E-state index in [4.69, 9.17) is 16.0 Å². The molecule has 0 spiro atoms. The van der Waals surface area contributed by atoms with Crippen molar-refractivity contribution in [1.82, 2.24) is 15.1 Å². The molecular weight excluding hydrogens is 345 g/mol. The molecule has 3 rings (SSSR count). The third-order valence-corrected chi connectivity index (χ3v) is 4.15. The van der Waals surface area contributed by atoms with Crippen molar-refractivity contribution in [1.29, 1.82) is 0 Å². The second-order valence-electron chi connectivity index (χ2n) is 5.66. The number of amides is 1. The molecule has 0 saturated heterocycles. The largest absolute Gasteiger partial charge is 0.469 e. The number of aryl methyl sites for hydroxylation is 1. The quantitative estimate of drug-likeness (QED) is 0.727. The molecular formula is C18H17ClFN3O2. The van der Waals surface area contributed by atoms with Crippen LogP contribution in [-0.2, 0) is 7.05 Å². The number of carbonyl (C=O) groups is 1. The van der Waals surface area contributed by atoms with Crippen molar-refractivity contribution < 1.29 is 13.6 Å². The van der Waals surface area contributed by atoms with Gasteiger partial charge in [-0.3, -0.25) is 9.48 Å². The number of nitrogens with one attached hydrogen (secondary N) is 1. The highest BCUT2D eigenvalue weighted by atomic mass is 35.5. The van der Waals surface area contributed by atoms with E-state index in [9.17, 15) is 9.18 Å². The molecule has 1 atom stereocenters. The predicted octanol–water partition coefficient (Wildman–Crippen LogP) is 3.76. The Morgan fingerprint density at radius 3 is 2.72 bits per heavy atom. The monoisotopic (exact) mass is 361 g/mol. The van der Waals surface area contributed by atoms with Crippen molar-refractivity contribution in [2.75, 3.05) is 6.54 Å². The van der Waals surface area contributed by atoms with Crippen LogP contribution in [0.3, 0.4) is 0 Å². The van der Waals surface area contributed by atoms with Gasteiger partial charge in [0, 0.05) is 25.7 Å². The molecule has 5 nitrogen and oxygen atoms in total. The van der Waals surface area contributed by atoms with Gasteiger partial charge in [-0.05, 0) is 36.2 Å². The third-order valence-electron chi connectivity index (χ3n) is 3.88. The molecule has 25 heavy (non-hydrogen) atoms. The minimum absolute atomic E-state index is 0.0879. The Kier molecular flexibility index (Phi) is 5.19. The van der Waals surface area contributed by atoms with Gasteiger partial charge in [0.2, 0.25) is 0 Å². The van der Waals surface area contributed by atoms with Gasteiger partial charge < -0.3 is 9.73 Å². The van der Waals surface area contributed by atoms with Gasteiger partial charge in [-0.15, -0.1) is 0 Å². The zero-order valence-electron chi connectivity index (χ0n) is 13.6. The fraction of sp³-hybridized carbons (Fsp3) is 0.222. The van der Waals surface area contributed by atoms with Crippen LogP contribution in [0.2, 0.25) is 5.02 Å². The summed E-state index contributed by atoms with van der Waals surface area (Å²) in [6.45, 7) is 0.397. The Morgan fingerprint density at radius 1 is 1.36 bits per heavy atom. The van der Waals surface area contributed by atoms with Gasteiger partial charge in [0.25, 0.3) is 5.91 Å². The lowest BCUT2D eigenvalue weighted by atomic mass is 9.93. The van der Waals surface area contributed by atoms with E-state index in [1.165, 1.54) is 16.8 Å². The molecule has 1 amide bonds. The molecule has 7 heteroatoms. The van der Waals surface area contributed by atoms with Crippen molar-refractivity contribution in [2.24, 2.45) is 7.05 Å². The molecule has 0 aliphatic heterocycles. The summed E-state index contributed by atoms with van der Waals surface area (Å²) >= 11 is 5.98. The number of furan rings is 1. The Hall–Kier alpha value is -2.60. The van der Waals surface area contributed by atoms with E-state index in [2.05, 4.69) is 10.4 Å². The van der Waals surface area contributed by atoms with E-state index in [1.807, 2.05) is 6.07 Å². The topological polar surface area (TPSA) is 60.1 Å². The molecule has 0 fully saturated rings. The Bertz CT molecular complexity index is 844. The molecule has 0 radical (unpaired) electrons. The Morgan fingerprint density at radius 2 is 2.12 bits per heavy atom. The number of hydrogen-bond acceptors (Lipinski definition) is 3. The fourth-order valence-corrected chi connectivity index (χ4v) is 2.95. The van der Waals surface area contributed by atoms with Gasteiger partial charge in [-0.1, -0.05) is 23.7 Å².